The fraction of sp³-hybridized carbons (Fsp3) is 0.533. The molecular formula is C15H19NO3. The standard InChI is InChI=1S/C15H19NO3/c1-2-18-15(17)16-13-8-4-3-6-11(13)10-12-7-5-9-19-14(12)16/h3-4,6,8,12,14H,2,5,7,9-10H2,1H3/t12-,14-/m0/s1. The van der Waals surface area contributed by atoms with Crippen LogP contribution in [0.2, 0.25) is 0 Å². The second kappa shape index (κ2) is 5.21. The first-order chi connectivity index (χ1) is 9.31. The zero-order valence-corrected chi connectivity index (χ0v) is 11.2. The number of ether oxygens (including phenoxy) is 2. The number of para-hydroxylation sites is 1. The van der Waals surface area contributed by atoms with Gasteiger partial charge in [0.2, 0.25) is 0 Å². The lowest BCUT2D eigenvalue weighted by molar-refractivity contribution is -0.0305. The summed E-state index contributed by atoms with van der Waals surface area (Å²) < 4.78 is 11.0. The van der Waals surface area contributed by atoms with Crippen molar-refractivity contribution in [2.24, 2.45) is 5.92 Å². The van der Waals surface area contributed by atoms with Crippen molar-refractivity contribution in [3.05, 3.63) is 29.8 Å². The van der Waals surface area contributed by atoms with Crippen molar-refractivity contribution in [3.63, 3.8) is 0 Å². The normalized spacial score (nSPS) is 25.4. The molecule has 1 fully saturated rings. The van der Waals surface area contributed by atoms with Crippen molar-refractivity contribution in [2.75, 3.05) is 18.1 Å². The largest absolute Gasteiger partial charge is 0.449 e. The van der Waals surface area contributed by atoms with Gasteiger partial charge in [0.1, 0.15) is 6.23 Å². The summed E-state index contributed by atoms with van der Waals surface area (Å²) in [5.41, 5.74) is 2.14. The lowest BCUT2D eigenvalue weighted by atomic mass is 9.86. The number of benzene rings is 1. The van der Waals surface area contributed by atoms with Crippen molar-refractivity contribution >= 4 is 11.8 Å². The number of carbonyl (C=O) groups excluding carboxylic acids is 1. The van der Waals surface area contributed by atoms with Gasteiger partial charge in [0.15, 0.2) is 0 Å². The zero-order chi connectivity index (χ0) is 13.2. The molecule has 0 spiro atoms. The molecular weight excluding hydrogens is 242 g/mol. The number of anilines is 1. The van der Waals surface area contributed by atoms with Crippen LogP contribution in [0.3, 0.4) is 0 Å². The summed E-state index contributed by atoms with van der Waals surface area (Å²) >= 11 is 0. The summed E-state index contributed by atoms with van der Waals surface area (Å²) in [7, 11) is 0. The van der Waals surface area contributed by atoms with Crippen LogP contribution >= 0.6 is 0 Å². The molecule has 2 atom stereocenters. The van der Waals surface area contributed by atoms with Crippen LogP contribution in [-0.4, -0.2) is 25.5 Å². The van der Waals surface area contributed by atoms with Crippen molar-refractivity contribution < 1.29 is 14.3 Å². The Morgan fingerprint density at radius 1 is 1.47 bits per heavy atom. The summed E-state index contributed by atoms with van der Waals surface area (Å²) in [6.45, 7) is 2.93. The van der Waals surface area contributed by atoms with E-state index in [1.807, 2.05) is 25.1 Å². The second-order valence-corrected chi connectivity index (χ2v) is 5.07. The number of rotatable bonds is 1. The average Bonchev–Trinajstić information content (AvgIpc) is 2.44. The van der Waals surface area contributed by atoms with Gasteiger partial charge in [-0.3, -0.25) is 4.90 Å². The van der Waals surface area contributed by atoms with Gasteiger partial charge in [-0.15, -0.1) is 0 Å². The maximum Gasteiger partial charge on any atom is 0.416 e. The maximum absolute atomic E-state index is 12.2. The van der Waals surface area contributed by atoms with Gasteiger partial charge >= 0.3 is 6.09 Å². The Morgan fingerprint density at radius 3 is 3.16 bits per heavy atom. The van der Waals surface area contributed by atoms with E-state index in [4.69, 9.17) is 9.47 Å². The fourth-order valence-corrected chi connectivity index (χ4v) is 3.05. The van der Waals surface area contributed by atoms with Crippen LogP contribution in [0.4, 0.5) is 10.5 Å². The summed E-state index contributed by atoms with van der Waals surface area (Å²) in [6.07, 6.45) is 2.69. The SMILES string of the molecule is CCOC(=O)N1c2ccccc2C[C@@H]2CCCO[C@@H]21. The molecule has 1 saturated heterocycles. The molecule has 0 bridgehead atoms. The van der Waals surface area contributed by atoms with Crippen molar-refractivity contribution in [1.29, 1.82) is 0 Å². The molecule has 0 aliphatic carbocycles. The Kier molecular flexibility index (Phi) is 3.42. The van der Waals surface area contributed by atoms with E-state index in [2.05, 4.69) is 6.07 Å². The van der Waals surface area contributed by atoms with Crippen LogP contribution in [0.5, 0.6) is 0 Å². The van der Waals surface area contributed by atoms with E-state index < -0.39 is 0 Å². The molecule has 0 aromatic heterocycles. The molecule has 3 rings (SSSR count). The Hall–Kier alpha value is -1.55. The molecule has 0 unspecified atom stereocenters. The van der Waals surface area contributed by atoms with Gasteiger partial charge in [0.25, 0.3) is 0 Å². The minimum atomic E-state index is -0.299. The van der Waals surface area contributed by atoms with E-state index in [1.165, 1.54) is 5.56 Å². The predicted molar refractivity (Wildman–Crippen MR) is 72.1 cm³/mol. The number of hydrogen-bond donors (Lipinski definition) is 0. The van der Waals surface area contributed by atoms with Crippen LogP contribution in [0, 0.1) is 5.92 Å². The Morgan fingerprint density at radius 2 is 2.32 bits per heavy atom. The van der Waals surface area contributed by atoms with Gasteiger partial charge in [-0.1, -0.05) is 18.2 Å². The van der Waals surface area contributed by atoms with E-state index in [0.29, 0.717) is 12.5 Å². The number of nitrogens with zero attached hydrogens (tertiary/aromatic N) is 1. The molecule has 4 heteroatoms. The number of amides is 1. The molecule has 4 nitrogen and oxygen atoms in total. The third-order valence-corrected chi connectivity index (χ3v) is 3.86. The van der Waals surface area contributed by atoms with Gasteiger partial charge in [0.05, 0.1) is 12.3 Å². The van der Waals surface area contributed by atoms with Crippen LogP contribution in [0.15, 0.2) is 24.3 Å². The topological polar surface area (TPSA) is 38.8 Å². The third kappa shape index (κ3) is 2.21. The molecule has 102 valence electrons. The van der Waals surface area contributed by atoms with Gasteiger partial charge in [-0.25, -0.2) is 4.79 Å². The van der Waals surface area contributed by atoms with Crippen LogP contribution in [-0.2, 0) is 15.9 Å². The quantitative estimate of drug-likeness (QED) is 0.780. The van der Waals surface area contributed by atoms with E-state index in [1.54, 1.807) is 4.90 Å². The number of carbonyl (C=O) groups is 1. The Labute approximate surface area is 113 Å². The van der Waals surface area contributed by atoms with Gasteiger partial charge in [-0.2, -0.15) is 0 Å². The number of fused-ring (bicyclic) bond motifs is 2. The molecule has 2 aliphatic rings. The minimum Gasteiger partial charge on any atom is -0.449 e. The van der Waals surface area contributed by atoms with E-state index in [0.717, 1.165) is 31.6 Å². The average molecular weight is 261 g/mol. The van der Waals surface area contributed by atoms with Crippen LogP contribution in [0.1, 0.15) is 25.3 Å². The lowest BCUT2D eigenvalue weighted by Crippen LogP contribution is -2.52. The molecule has 0 N–H and O–H groups in total. The summed E-state index contributed by atoms with van der Waals surface area (Å²) in [5.74, 6) is 0.382. The second-order valence-electron chi connectivity index (χ2n) is 5.07. The predicted octanol–water partition coefficient (Wildman–Crippen LogP) is 2.96. The molecule has 1 aromatic carbocycles. The van der Waals surface area contributed by atoms with E-state index >= 15 is 0 Å². The van der Waals surface area contributed by atoms with E-state index in [9.17, 15) is 4.79 Å². The molecule has 0 saturated carbocycles. The van der Waals surface area contributed by atoms with Crippen LogP contribution < -0.4 is 4.90 Å². The summed E-state index contributed by atoms with van der Waals surface area (Å²) in [6, 6.07) is 8.03. The Balaban J connectivity index is 1.98. The summed E-state index contributed by atoms with van der Waals surface area (Å²) in [5, 5.41) is 0. The molecule has 2 heterocycles. The first-order valence-corrected chi connectivity index (χ1v) is 6.96. The third-order valence-electron chi connectivity index (χ3n) is 3.86. The fourth-order valence-electron chi connectivity index (χ4n) is 3.05. The molecule has 1 aromatic rings. The van der Waals surface area contributed by atoms with Crippen LogP contribution in [0.25, 0.3) is 0 Å². The summed E-state index contributed by atoms with van der Waals surface area (Å²) in [4.78, 5) is 13.9. The van der Waals surface area contributed by atoms with Gasteiger partial charge in [-0.05, 0) is 37.8 Å². The van der Waals surface area contributed by atoms with Gasteiger partial charge < -0.3 is 9.47 Å². The Bertz CT molecular complexity index is 474. The molecule has 19 heavy (non-hydrogen) atoms. The first kappa shape index (κ1) is 12.5. The smallest absolute Gasteiger partial charge is 0.416 e. The van der Waals surface area contributed by atoms with Crippen molar-refractivity contribution in [2.45, 2.75) is 32.4 Å². The molecule has 0 radical (unpaired) electrons. The molecule has 1 amide bonds. The van der Waals surface area contributed by atoms with Crippen molar-refractivity contribution in [1.82, 2.24) is 0 Å². The number of hydrogen-bond acceptors (Lipinski definition) is 3. The molecule has 2 aliphatic heterocycles. The lowest BCUT2D eigenvalue weighted by Gasteiger charge is -2.43. The highest BCUT2D eigenvalue weighted by Crippen LogP contribution is 2.38. The highest BCUT2D eigenvalue weighted by atomic mass is 16.6. The van der Waals surface area contributed by atoms with Gasteiger partial charge in [0, 0.05) is 12.5 Å². The first-order valence-electron chi connectivity index (χ1n) is 6.96. The minimum absolute atomic E-state index is 0.164. The van der Waals surface area contributed by atoms with E-state index in [-0.39, 0.29) is 12.3 Å². The van der Waals surface area contributed by atoms with Crippen molar-refractivity contribution in [3.8, 4) is 0 Å². The monoisotopic (exact) mass is 261 g/mol. The highest BCUT2D eigenvalue weighted by molar-refractivity contribution is 5.89. The zero-order valence-electron chi connectivity index (χ0n) is 11.2. The maximum atomic E-state index is 12.2. The highest BCUT2D eigenvalue weighted by Gasteiger charge is 2.40.